The molecule has 0 atom stereocenters. The van der Waals surface area contributed by atoms with Gasteiger partial charge in [-0.25, -0.2) is 4.98 Å². The van der Waals surface area contributed by atoms with E-state index in [0.29, 0.717) is 38.7 Å². The molecule has 0 spiro atoms. The summed E-state index contributed by atoms with van der Waals surface area (Å²) in [5.41, 5.74) is 0.273. The fraction of sp³-hybridized carbons (Fsp3) is 0.636. The number of hydrogen-bond donors (Lipinski definition) is 2. The zero-order chi connectivity index (χ0) is 13.2. The van der Waals surface area contributed by atoms with Crippen molar-refractivity contribution in [3.8, 4) is 0 Å². The summed E-state index contributed by atoms with van der Waals surface area (Å²) in [5.74, 6) is 0.210. The summed E-state index contributed by atoms with van der Waals surface area (Å²) in [4.78, 5) is 15.6. The van der Waals surface area contributed by atoms with Crippen LogP contribution in [0.25, 0.3) is 0 Å². The minimum Gasteiger partial charge on any atom is -0.447 e. The van der Waals surface area contributed by atoms with Crippen molar-refractivity contribution in [2.75, 3.05) is 40.5 Å². The van der Waals surface area contributed by atoms with E-state index in [1.807, 2.05) is 0 Å². The highest BCUT2D eigenvalue weighted by Crippen LogP contribution is 2.01. The number of hydrogen-bond acceptors (Lipinski definition) is 6. The molecule has 1 aromatic heterocycles. The highest BCUT2D eigenvalue weighted by molar-refractivity contribution is 5.91. The zero-order valence-electron chi connectivity index (χ0n) is 10.7. The third-order valence-electron chi connectivity index (χ3n) is 2.14. The van der Waals surface area contributed by atoms with Crippen molar-refractivity contribution in [1.29, 1.82) is 0 Å². The van der Waals surface area contributed by atoms with E-state index < -0.39 is 0 Å². The maximum absolute atomic E-state index is 11.6. The molecule has 0 aliphatic carbocycles. The fourth-order valence-corrected chi connectivity index (χ4v) is 1.22. The van der Waals surface area contributed by atoms with Gasteiger partial charge in [-0.3, -0.25) is 4.79 Å². The molecule has 7 nitrogen and oxygen atoms in total. The van der Waals surface area contributed by atoms with E-state index in [9.17, 15) is 4.79 Å². The van der Waals surface area contributed by atoms with Crippen LogP contribution in [-0.2, 0) is 16.0 Å². The van der Waals surface area contributed by atoms with Crippen LogP contribution in [0.3, 0.4) is 0 Å². The number of amides is 1. The predicted molar refractivity (Wildman–Crippen MR) is 64.3 cm³/mol. The molecule has 0 bridgehead atoms. The maximum atomic E-state index is 11.6. The molecule has 1 heterocycles. The number of methoxy groups -OCH3 is 2. The first-order valence-corrected chi connectivity index (χ1v) is 5.69. The lowest BCUT2D eigenvalue weighted by Gasteiger charge is -2.01. The Hall–Kier alpha value is -1.44. The van der Waals surface area contributed by atoms with Crippen molar-refractivity contribution in [3.05, 3.63) is 17.8 Å². The van der Waals surface area contributed by atoms with Crippen LogP contribution in [0.1, 0.15) is 16.4 Å². The van der Waals surface area contributed by atoms with E-state index >= 15 is 0 Å². The van der Waals surface area contributed by atoms with E-state index in [4.69, 9.17) is 13.9 Å². The number of carbonyl (C=O) groups is 1. The van der Waals surface area contributed by atoms with Gasteiger partial charge in [0.1, 0.15) is 6.26 Å². The van der Waals surface area contributed by atoms with Crippen LogP contribution in [0.15, 0.2) is 10.7 Å². The molecule has 1 amide bonds. The van der Waals surface area contributed by atoms with E-state index in [2.05, 4.69) is 15.6 Å². The third-order valence-corrected chi connectivity index (χ3v) is 2.14. The smallest absolute Gasteiger partial charge is 0.273 e. The Morgan fingerprint density at radius 2 is 2.06 bits per heavy atom. The second-order valence-electron chi connectivity index (χ2n) is 3.54. The maximum Gasteiger partial charge on any atom is 0.273 e. The molecule has 1 aromatic rings. The number of rotatable bonds is 9. The first-order valence-electron chi connectivity index (χ1n) is 5.69. The van der Waals surface area contributed by atoms with Crippen molar-refractivity contribution in [2.24, 2.45) is 0 Å². The van der Waals surface area contributed by atoms with E-state index in [0.717, 1.165) is 0 Å². The SMILES string of the molecule is COCCNCc1nc(C(=O)NCCOC)co1. The molecule has 0 aromatic carbocycles. The number of nitrogens with zero attached hydrogens (tertiary/aromatic N) is 1. The average Bonchev–Trinajstić information content (AvgIpc) is 2.84. The van der Waals surface area contributed by atoms with Gasteiger partial charge in [-0.1, -0.05) is 0 Å². The van der Waals surface area contributed by atoms with Gasteiger partial charge in [0.15, 0.2) is 5.69 Å². The van der Waals surface area contributed by atoms with Crippen molar-refractivity contribution in [1.82, 2.24) is 15.6 Å². The lowest BCUT2D eigenvalue weighted by molar-refractivity contribution is 0.0932. The Labute approximate surface area is 106 Å². The predicted octanol–water partition coefficient (Wildman–Crippen LogP) is -0.213. The molecule has 1 rings (SSSR count). The molecule has 0 fully saturated rings. The number of nitrogens with one attached hydrogen (secondary N) is 2. The monoisotopic (exact) mass is 257 g/mol. The molecule has 7 heteroatoms. The summed E-state index contributed by atoms with van der Waals surface area (Å²) in [7, 11) is 3.21. The quantitative estimate of drug-likeness (QED) is 0.595. The Morgan fingerprint density at radius 3 is 2.78 bits per heavy atom. The molecular formula is C11H19N3O4. The molecule has 0 aliphatic rings. The minimum absolute atomic E-state index is 0.265. The highest BCUT2D eigenvalue weighted by Gasteiger charge is 2.11. The van der Waals surface area contributed by atoms with Crippen LogP contribution in [0, 0.1) is 0 Å². The normalized spacial score (nSPS) is 10.6. The molecule has 2 N–H and O–H groups in total. The Morgan fingerprint density at radius 1 is 1.33 bits per heavy atom. The Bertz CT molecular complexity index is 354. The molecule has 102 valence electrons. The molecule has 18 heavy (non-hydrogen) atoms. The van der Waals surface area contributed by atoms with Crippen LogP contribution in [0.2, 0.25) is 0 Å². The summed E-state index contributed by atoms with van der Waals surface area (Å²) >= 11 is 0. The van der Waals surface area contributed by atoms with Gasteiger partial charge < -0.3 is 24.5 Å². The Kier molecular flexibility index (Phi) is 7.00. The van der Waals surface area contributed by atoms with Crippen LogP contribution in [-0.4, -0.2) is 51.4 Å². The van der Waals surface area contributed by atoms with Crippen molar-refractivity contribution in [3.63, 3.8) is 0 Å². The van der Waals surface area contributed by atoms with Crippen LogP contribution in [0.5, 0.6) is 0 Å². The molecule has 0 aliphatic heterocycles. The first-order chi connectivity index (χ1) is 8.77. The number of oxazole rings is 1. The standard InChI is InChI=1S/C11H19N3O4/c1-16-5-3-12-7-10-14-9(8-18-10)11(15)13-4-6-17-2/h8,12H,3-7H2,1-2H3,(H,13,15). The van der Waals surface area contributed by atoms with Gasteiger partial charge in [0.25, 0.3) is 5.91 Å². The van der Waals surface area contributed by atoms with Gasteiger partial charge in [-0.05, 0) is 0 Å². The lowest BCUT2D eigenvalue weighted by atomic mass is 10.4. The molecule has 0 saturated heterocycles. The number of aromatic nitrogens is 1. The van der Waals surface area contributed by atoms with E-state index in [-0.39, 0.29) is 11.6 Å². The molecular weight excluding hydrogens is 238 g/mol. The summed E-state index contributed by atoms with van der Waals surface area (Å²) in [6.45, 7) is 2.70. The summed E-state index contributed by atoms with van der Waals surface area (Å²) in [6, 6.07) is 0. The molecule has 0 unspecified atom stereocenters. The largest absolute Gasteiger partial charge is 0.447 e. The van der Waals surface area contributed by atoms with Crippen molar-refractivity contribution < 1.29 is 18.7 Å². The van der Waals surface area contributed by atoms with Crippen molar-refractivity contribution in [2.45, 2.75) is 6.54 Å². The van der Waals surface area contributed by atoms with Crippen molar-refractivity contribution >= 4 is 5.91 Å². The first kappa shape index (κ1) is 14.6. The van der Waals surface area contributed by atoms with E-state index in [1.165, 1.54) is 6.26 Å². The summed E-state index contributed by atoms with van der Waals surface area (Å²) in [5, 5.41) is 5.74. The second kappa shape index (κ2) is 8.62. The zero-order valence-corrected chi connectivity index (χ0v) is 10.7. The summed E-state index contributed by atoms with van der Waals surface area (Å²) < 4.78 is 14.9. The topological polar surface area (TPSA) is 85.6 Å². The van der Waals surface area contributed by atoms with Crippen LogP contribution < -0.4 is 10.6 Å². The van der Waals surface area contributed by atoms with Gasteiger partial charge in [-0.2, -0.15) is 0 Å². The highest BCUT2D eigenvalue weighted by atomic mass is 16.5. The number of ether oxygens (including phenoxy) is 2. The lowest BCUT2D eigenvalue weighted by Crippen LogP contribution is -2.27. The van der Waals surface area contributed by atoms with Gasteiger partial charge in [-0.15, -0.1) is 0 Å². The van der Waals surface area contributed by atoms with E-state index in [1.54, 1.807) is 14.2 Å². The van der Waals surface area contributed by atoms with Gasteiger partial charge in [0, 0.05) is 27.3 Å². The fourth-order valence-electron chi connectivity index (χ4n) is 1.22. The van der Waals surface area contributed by atoms with Gasteiger partial charge in [0.2, 0.25) is 5.89 Å². The third kappa shape index (κ3) is 5.26. The van der Waals surface area contributed by atoms with Crippen LogP contribution >= 0.6 is 0 Å². The van der Waals surface area contributed by atoms with Crippen LogP contribution in [0.4, 0.5) is 0 Å². The summed E-state index contributed by atoms with van der Waals surface area (Å²) in [6.07, 6.45) is 1.34. The molecule has 0 radical (unpaired) electrons. The van der Waals surface area contributed by atoms with Gasteiger partial charge >= 0.3 is 0 Å². The average molecular weight is 257 g/mol. The Balaban J connectivity index is 2.30. The molecule has 0 saturated carbocycles. The second-order valence-corrected chi connectivity index (χ2v) is 3.54. The van der Waals surface area contributed by atoms with Gasteiger partial charge in [0.05, 0.1) is 19.8 Å². The number of carbonyl (C=O) groups excluding carboxylic acids is 1. The minimum atomic E-state index is -0.265.